The van der Waals surface area contributed by atoms with E-state index in [0.29, 0.717) is 17.8 Å². The minimum atomic E-state index is 0.320. The van der Waals surface area contributed by atoms with Crippen molar-refractivity contribution < 1.29 is 5.11 Å². The zero-order chi connectivity index (χ0) is 10.7. The molecule has 0 aromatic heterocycles. The second-order valence-electron chi connectivity index (χ2n) is 4.04. The number of hydrogen-bond acceptors (Lipinski definition) is 3. The Morgan fingerprint density at radius 1 is 1.53 bits per heavy atom. The van der Waals surface area contributed by atoms with Crippen molar-refractivity contribution in [2.75, 3.05) is 11.5 Å². The molecule has 0 spiro atoms. The molecule has 0 radical (unpaired) electrons. The maximum Gasteiger partial charge on any atom is 0.115 e. The van der Waals surface area contributed by atoms with Gasteiger partial charge in [-0.15, -0.1) is 0 Å². The molecule has 15 heavy (non-hydrogen) atoms. The molecule has 1 unspecified atom stereocenters. The third kappa shape index (κ3) is 2.89. The Morgan fingerprint density at radius 2 is 2.40 bits per heavy atom. The van der Waals surface area contributed by atoms with E-state index in [2.05, 4.69) is 18.3 Å². The van der Waals surface area contributed by atoms with E-state index in [4.69, 9.17) is 0 Å². The van der Waals surface area contributed by atoms with Crippen LogP contribution in [-0.4, -0.2) is 22.7 Å². The highest BCUT2D eigenvalue weighted by Gasteiger charge is 2.17. The minimum Gasteiger partial charge on any atom is -0.508 e. The first kappa shape index (κ1) is 10.8. The van der Waals surface area contributed by atoms with Crippen molar-refractivity contribution >= 4 is 11.8 Å². The molecule has 2 N–H and O–H groups in total. The van der Waals surface area contributed by atoms with Crippen LogP contribution in [0, 0.1) is 0 Å². The molecule has 0 amide bonds. The Hall–Kier alpha value is -0.670. The molecule has 1 aliphatic rings. The molecule has 82 valence electrons. The maximum absolute atomic E-state index is 9.39. The van der Waals surface area contributed by atoms with E-state index in [1.54, 1.807) is 6.07 Å². The lowest BCUT2D eigenvalue weighted by molar-refractivity contribution is 0.464. The molecule has 2 atom stereocenters. The standard InChI is InChI=1S/C12H17NOS/c1-9(13-11-5-6-15-8-11)10-3-2-4-12(14)7-10/h2-4,7,9,11,13-14H,5-6,8H2,1H3/t9-,11?/m1/s1. The van der Waals surface area contributed by atoms with Crippen LogP contribution in [0.25, 0.3) is 0 Å². The Bertz CT molecular complexity index is 323. The van der Waals surface area contributed by atoms with Gasteiger partial charge in [0.1, 0.15) is 5.75 Å². The summed E-state index contributed by atoms with van der Waals surface area (Å²) in [6, 6.07) is 8.45. The lowest BCUT2D eigenvalue weighted by atomic mass is 10.1. The fourth-order valence-corrected chi connectivity index (χ4v) is 3.08. The molecule has 1 saturated heterocycles. The molecule has 0 aliphatic carbocycles. The highest BCUT2D eigenvalue weighted by Crippen LogP contribution is 2.22. The molecule has 2 nitrogen and oxygen atoms in total. The van der Waals surface area contributed by atoms with Gasteiger partial charge in [-0.2, -0.15) is 11.8 Å². The predicted octanol–water partition coefficient (Wildman–Crippen LogP) is 2.55. The van der Waals surface area contributed by atoms with E-state index in [-0.39, 0.29) is 0 Å². The molecule has 1 heterocycles. The fraction of sp³-hybridized carbons (Fsp3) is 0.500. The average molecular weight is 223 g/mol. The number of phenols is 1. The van der Waals surface area contributed by atoms with E-state index in [0.717, 1.165) is 5.56 Å². The summed E-state index contributed by atoms with van der Waals surface area (Å²) in [5, 5.41) is 13.0. The van der Waals surface area contributed by atoms with Gasteiger partial charge in [-0.05, 0) is 36.8 Å². The van der Waals surface area contributed by atoms with Gasteiger partial charge in [-0.25, -0.2) is 0 Å². The number of hydrogen-bond donors (Lipinski definition) is 2. The van der Waals surface area contributed by atoms with Crippen LogP contribution in [0.15, 0.2) is 24.3 Å². The second kappa shape index (κ2) is 4.90. The van der Waals surface area contributed by atoms with Crippen molar-refractivity contribution in [3.63, 3.8) is 0 Å². The van der Waals surface area contributed by atoms with Gasteiger partial charge in [0.05, 0.1) is 0 Å². The van der Waals surface area contributed by atoms with Crippen LogP contribution in [0.2, 0.25) is 0 Å². The fourth-order valence-electron chi connectivity index (χ4n) is 1.91. The normalized spacial score (nSPS) is 22.9. The average Bonchev–Trinajstić information content (AvgIpc) is 2.70. The molecular formula is C12H17NOS. The number of phenolic OH excluding ortho intramolecular Hbond substituents is 1. The highest BCUT2D eigenvalue weighted by molar-refractivity contribution is 7.99. The number of aromatic hydroxyl groups is 1. The highest BCUT2D eigenvalue weighted by atomic mass is 32.2. The molecule has 1 fully saturated rings. The first-order chi connectivity index (χ1) is 7.25. The first-order valence-corrected chi connectivity index (χ1v) is 6.54. The van der Waals surface area contributed by atoms with E-state index in [9.17, 15) is 5.11 Å². The van der Waals surface area contributed by atoms with Gasteiger partial charge >= 0.3 is 0 Å². The molecule has 1 aromatic carbocycles. The maximum atomic E-state index is 9.39. The van der Waals surface area contributed by atoms with Crippen molar-refractivity contribution in [3.8, 4) is 5.75 Å². The molecule has 2 rings (SSSR count). The molecule has 0 saturated carbocycles. The van der Waals surface area contributed by atoms with Gasteiger partial charge in [0, 0.05) is 17.8 Å². The summed E-state index contributed by atoms with van der Waals surface area (Å²) in [6.45, 7) is 2.15. The van der Waals surface area contributed by atoms with Crippen LogP contribution in [-0.2, 0) is 0 Å². The molecule has 0 bridgehead atoms. The van der Waals surface area contributed by atoms with Gasteiger partial charge in [0.25, 0.3) is 0 Å². The summed E-state index contributed by atoms with van der Waals surface area (Å²) < 4.78 is 0. The van der Waals surface area contributed by atoms with Gasteiger partial charge in [0.2, 0.25) is 0 Å². The van der Waals surface area contributed by atoms with Crippen LogP contribution in [0.4, 0.5) is 0 Å². The molecule has 1 aromatic rings. The SMILES string of the molecule is C[C@@H](NC1CCSC1)c1cccc(O)c1. The van der Waals surface area contributed by atoms with Crippen molar-refractivity contribution in [3.05, 3.63) is 29.8 Å². The minimum absolute atomic E-state index is 0.320. The van der Waals surface area contributed by atoms with Gasteiger partial charge in [-0.3, -0.25) is 0 Å². The Kier molecular flexibility index (Phi) is 3.54. The summed E-state index contributed by atoms with van der Waals surface area (Å²) in [7, 11) is 0. The Morgan fingerprint density at radius 3 is 3.07 bits per heavy atom. The van der Waals surface area contributed by atoms with Gasteiger partial charge < -0.3 is 10.4 Å². The van der Waals surface area contributed by atoms with Crippen molar-refractivity contribution in [1.82, 2.24) is 5.32 Å². The van der Waals surface area contributed by atoms with Crippen LogP contribution in [0.3, 0.4) is 0 Å². The molecular weight excluding hydrogens is 206 g/mol. The van der Waals surface area contributed by atoms with Gasteiger partial charge in [0.15, 0.2) is 0 Å². The van der Waals surface area contributed by atoms with Crippen LogP contribution < -0.4 is 5.32 Å². The summed E-state index contributed by atoms with van der Waals surface area (Å²) in [5.74, 6) is 2.83. The van der Waals surface area contributed by atoms with Crippen LogP contribution in [0.5, 0.6) is 5.75 Å². The smallest absolute Gasteiger partial charge is 0.115 e. The zero-order valence-electron chi connectivity index (χ0n) is 8.94. The van der Waals surface area contributed by atoms with Crippen molar-refractivity contribution in [2.24, 2.45) is 0 Å². The Labute approximate surface area is 95.1 Å². The quantitative estimate of drug-likeness (QED) is 0.826. The van der Waals surface area contributed by atoms with Crippen molar-refractivity contribution in [2.45, 2.75) is 25.4 Å². The zero-order valence-corrected chi connectivity index (χ0v) is 9.76. The summed E-state index contributed by atoms with van der Waals surface area (Å²) in [5.41, 5.74) is 1.16. The van der Waals surface area contributed by atoms with Gasteiger partial charge in [-0.1, -0.05) is 12.1 Å². The third-order valence-corrected chi connectivity index (χ3v) is 3.95. The lowest BCUT2D eigenvalue weighted by Gasteiger charge is -2.19. The van der Waals surface area contributed by atoms with Crippen LogP contribution >= 0.6 is 11.8 Å². The van der Waals surface area contributed by atoms with Crippen molar-refractivity contribution in [1.29, 1.82) is 0 Å². The van der Waals surface area contributed by atoms with Crippen LogP contribution in [0.1, 0.15) is 24.9 Å². The predicted molar refractivity (Wildman–Crippen MR) is 65.4 cm³/mol. The number of benzene rings is 1. The number of rotatable bonds is 3. The lowest BCUT2D eigenvalue weighted by Crippen LogP contribution is -2.31. The van der Waals surface area contributed by atoms with E-state index in [1.807, 2.05) is 23.9 Å². The third-order valence-electron chi connectivity index (χ3n) is 2.79. The largest absolute Gasteiger partial charge is 0.508 e. The second-order valence-corrected chi connectivity index (χ2v) is 5.19. The number of thioether (sulfide) groups is 1. The summed E-state index contributed by atoms with van der Waals surface area (Å²) in [4.78, 5) is 0. The summed E-state index contributed by atoms with van der Waals surface area (Å²) in [6.07, 6.45) is 1.26. The number of nitrogens with one attached hydrogen (secondary N) is 1. The molecule has 1 aliphatic heterocycles. The molecule has 3 heteroatoms. The van der Waals surface area contributed by atoms with E-state index < -0.39 is 0 Å². The van der Waals surface area contributed by atoms with E-state index >= 15 is 0 Å². The Balaban J connectivity index is 1.97. The topological polar surface area (TPSA) is 32.3 Å². The van der Waals surface area contributed by atoms with E-state index in [1.165, 1.54) is 17.9 Å². The first-order valence-electron chi connectivity index (χ1n) is 5.38. The summed E-state index contributed by atoms with van der Waals surface area (Å²) >= 11 is 2.01. The monoisotopic (exact) mass is 223 g/mol.